The van der Waals surface area contributed by atoms with E-state index in [0.717, 1.165) is 4.90 Å². The van der Waals surface area contributed by atoms with Crippen LogP contribution >= 0.6 is 18.9 Å². The van der Waals surface area contributed by atoms with Crippen LogP contribution in [0.5, 0.6) is 0 Å². The lowest BCUT2D eigenvalue weighted by molar-refractivity contribution is -0.136. The van der Waals surface area contributed by atoms with E-state index in [0.29, 0.717) is 30.8 Å². The van der Waals surface area contributed by atoms with Crippen molar-refractivity contribution in [2.45, 2.75) is 37.5 Å². The van der Waals surface area contributed by atoms with Gasteiger partial charge in [0.05, 0.1) is 11.6 Å². The predicted octanol–water partition coefficient (Wildman–Crippen LogP) is 0.403. The van der Waals surface area contributed by atoms with Crippen molar-refractivity contribution in [1.29, 1.82) is 0 Å². The number of carbonyl (C=O) groups excluding carboxylic acids is 2. The average molecular weight is 476 g/mol. The molecule has 0 aromatic rings. The van der Waals surface area contributed by atoms with Crippen LogP contribution in [0.2, 0.25) is 0 Å². The minimum absolute atomic E-state index is 0.212. The minimum Gasteiger partial charge on any atom is -0.382 e. The molecule has 2 unspecified atom stereocenters. The van der Waals surface area contributed by atoms with Crippen LogP contribution in [0.25, 0.3) is 0 Å². The second-order valence-corrected chi connectivity index (χ2v) is 10.3. The highest BCUT2D eigenvalue weighted by molar-refractivity contribution is 8.07. The van der Waals surface area contributed by atoms with Crippen molar-refractivity contribution in [2.24, 2.45) is 5.92 Å². The normalized spacial score (nSPS) is 28.2. The first-order valence-electron chi connectivity index (χ1n) is 9.45. The Bertz CT molecular complexity index is 708. The van der Waals surface area contributed by atoms with E-state index < -0.39 is 24.9 Å². The van der Waals surface area contributed by atoms with Crippen LogP contribution < -0.4 is 5.32 Å². The highest BCUT2D eigenvalue weighted by Gasteiger charge is 2.44. The number of hydrogen-bond acceptors (Lipinski definition) is 8. The number of methoxy groups -OCH3 is 1. The maximum atomic E-state index is 11.5. The summed E-state index contributed by atoms with van der Waals surface area (Å²) in [5.41, 5.74) is 0. The Kier molecular flexibility index (Phi) is 10.0. The molecule has 1 fully saturated rings. The van der Waals surface area contributed by atoms with Crippen LogP contribution in [0, 0.1) is 5.92 Å². The largest absolute Gasteiger partial charge is 0.382 e. The molecule has 1 saturated heterocycles. The summed E-state index contributed by atoms with van der Waals surface area (Å²) in [5.74, 6) is -0.860. The quantitative estimate of drug-likeness (QED) is 0.135. The van der Waals surface area contributed by atoms with Crippen molar-refractivity contribution in [2.75, 3.05) is 33.9 Å². The first-order chi connectivity index (χ1) is 14.2. The number of nitrogens with zero attached hydrogens (tertiary/aromatic N) is 1. The number of rotatable bonds is 12. The van der Waals surface area contributed by atoms with Gasteiger partial charge < -0.3 is 28.7 Å². The zero-order valence-electron chi connectivity index (χ0n) is 16.9. The summed E-state index contributed by atoms with van der Waals surface area (Å²) < 4.78 is 21.4. The lowest BCUT2D eigenvalue weighted by Crippen LogP contribution is -2.35. The zero-order valence-corrected chi connectivity index (χ0v) is 19.4. The highest BCUT2D eigenvalue weighted by atomic mass is 32.5. The van der Waals surface area contributed by atoms with Gasteiger partial charge in [-0.25, -0.2) is 0 Å². The van der Waals surface area contributed by atoms with Gasteiger partial charge in [0, 0.05) is 57.8 Å². The maximum absolute atomic E-state index is 11.5. The molecular weight excluding hydrogens is 450 g/mol. The van der Waals surface area contributed by atoms with Crippen LogP contribution in [0.15, 0.2) is 12.2 Å². The monoisotopic (exact) mass is 476 g/mol. The molecule has 2 aliphatic rings. The van der Waals surface area contributed by atoms with Crippen LogP contribution in [0.4, 0.5) is 0 Å². The Labute approximate surface area is 188 Å². The molecule has 0 aromatic carbocycles. The van der Waals surface area contributed by atoms with E-state index in [1.807, 2.05) is 0 Å². The van der Waals surface area contributed by atoms with Gasteiger partial charge in [-0.3, -0.25) is 14.5 Å². The summed E-state index contributed by atoms with van der Waals surface area (Å²) in [7, 11) is 8.94. The Morgan fingerprint density at radius 3 is 2.63 bits per heavy atom. The van der Waals surface area contributed by atoms with Crippen LogP contribution in [-0.4, -0.2) is 86.6 Å². The van der Waals surface area contributed by atoms with Crippen LogP contribution in [0.3, 0.4) is 0 Å². The summed E-state index contributed by atoms with van der Waals surface area (Å²) in [6, 6.07) is -0.589. The molecule has 0 aromatic heterocycles. The molecule has 0 bridgehead atoms. The topological polar surface area (TPSA) is 107 Å². The Balaban J connectivity index is 1.78. The molecule has 2 amide bonds. The fourth-order valence-electron chi connectivity index (χ4n) is 3.33. The van der Waals surface area contributed by atoms with E-state index in [1.165, 1.54) is 26.4 Å². The SMILES string of the molecule is [B][C@@H]1O[C@H](COC)C(OP(O)(=S)OC)[C@@H]1CCCNC(=S)CCN1C(=O)C=CC1=O. The van der Waals surface area contributed by atoms with Gasteiger partial charge in [-0.2, -0.15) is 0 Å². The Morgan fingerprint density at radius 1 is 1.37 bits per heavy atom. The van der Waals surface area contributed by atoms with Crippen molar-refractivity contribution in [3.05, 3.63) is 12.2 Å². The highest BCUT2D eigenvalue weighted by Crippen LogP contribution is 2.48. The number of imide groups is 1. The molecule has 30 heavy (non-hydrogen) atoms. The molecule has 2 rings (SSSR count). The standard InChI is InChI=1S/C17H26BN2O7PS2/c1-24-10-12-16(27-28(23,30)25-2)11(17(18)26-12)4-3-8-19-13(29)7-9-20-14(21)5-6-15(20)22/h5-6,11-12,16-17H,3-4,7-10H2,1-2H3,(H,19,29)(H,23,30)/t11-,12+,16?,17+,28?/m0/s1. The van der Waals surface area contributed by atoms with Gasteiger partial charge in [0.25, 0.3) is 11.8 Å². The summed E-state index contributed by atoms with van der Waals surface area (Å²) in [6.07, 6.45) is 3.21. The minimum atomic E-state index is -3.39. The van der Waals surface area contributed by atoms with Crippen molar-refractivity contribution < 1.29 is 33.0 Å². The number of amides is 2. The summed E-state index contributed by atoms with van der Waals surface area (Å²) >= 11 is 10.2. The summed E-state index contributed by atoms with van der Waals surface area (Å²) in [5, 5.41) is 3.11. The van der Waals surface area contributed by atoms with Crippen LogP contribution in [-0.2, 0) is 39.9 Å². The number of carbonyl (C=O) groups is 2. The molecule has 166 valence electrons. The van der Waals surface area contributed by atoms with E-state index in [4.69, 9.17) is 50.4 Å². The van der Waals surface area contributed by atoms with Gasteiger partial charge in [-0.05, 0) is 24.6 Å². The first-order valence-corrected chi connectivity index (χ1v) is 12.5. The maximum Gasteiger partial charge on any atom is 0.324 e. The summed E-state index contributed by atoms with van der Waals surface area (Å²) in [6.45, 7) is -2.33. The number of hydrogen-bond donors (Lipinski definition) is 2. The van der Waals surface area contributed by atoms with Crippen molar-refractivity contribution in [1.82, 2.24) is 10.2 Å². The molecule has 2 N–H and O–H groups in total. The molecule has 9 nitrogen and oxygen atoms in total. The third-order valence-corrected chi connectivity index (χ3v) is 6.88. The van der Waals surface area contributed by atoms with Gasteiger partial charge in [0.2, 0.25) is 0 Å². The van der Waals surface area contributed by atoms with E-state index in [1.54, 1.807) is 0 Å². The molecule has 13 heteroatoms. The van der Waals surface area contributed by atoms with Crippen molar-refractivity contribution in [3.63, 3.8) is 0 Å². The van der Waals surface area contributed by atoms with E-state index in [2.05, 4.69) is 5.32 Å². The van der Waals surface area contributed by atoms with E-state index in [-0.39, 0.29) is 30.9 Å². The second kappa shape index (κ2) is 11.8. The van der Waals surface area contributed by atoms with Gasteiger partial charge in [-0.1, -0.05) is 12.2 Å². The van der Waals surface area contributed by atoms with E-state index in [9.17, 15) is 14.5 Å². The lowest BCUT2D eigenvalue weighted by Gasteiger charge is -2.27. The fraction of sp³-hybridized carbons (Fsp3) is 0.706. The summed E-state index contributed by atoms with van der Waals surface area (Å²) in [4.78, 5) is 34.8. The van der Waals surface area contributed by atoms with Crippen molar-refractivity contribution in [3.8, 4) is 0 Å². The molecule has 5 atom stereocenters. The fourth-order valence-corrected chi connectivity index (χ4v) is 4.51. The number of thiocarbonyl (C=S) groups is 1. The molecule has 2 radical (unpaired) electrons. The predicted molar refractivity (Wildman–Crippen MR) is 118 cm³/mol. The average Bonchev–Trinajstić information content (AvgIpc) is 3.16. The molecule has 0 saturated carbocycles. The smallest absolute Gasteiger partial charge is 0.324 e. The van der Waals surface area contributed by atoms with E-state index >= 15 is 0 Å². The van der Waals surface area contributed by atoms with Crippen LogP contribution in [0.1, 0.15) is 19.3 Å². The molecule has 2 heterocycles. The molecule has 0 spiro atoms. The van der Waals surface area contributed by atoms with Gasteiger partial charge in [0.15, 0.2) is 0 Å². The Hall–Kier alpha value is -0.715. The number of ether oxygens (including phenoxy) is 2. The molecule has 0 aliphatic carbocycles. The zero-order chi connectivity index (χ0) is 22.3. The van der Waals surface area contributed by atoms with Gasteiger partial charge >= 0.3 is 6.72 Å². The third kappa shape index (κ3) is 7.17. The molecule has 2 aliphatic heterocycles. The lowest BCUT2D eigenvalue weighted by atomic mass is 9.82. The van der Waals surface area contributed by atoms with Gasteiger partial charge in [0.1, 0.15) is 20.1 Å². The molecular formula is C17H26BN2O7PS2. The van der Waals surface area contributed by atoms with Crippen molar-refractivity contribution >= 4 is 55.4 Å². The number of nitrogens with one attached hydrogen (secondary N) is 1. The second-order valence-electron chi connectivity index (χ2n) is 6.88. The first kappa shape index (κ1) is 25.5. The Morgan fingerprint density at radius 2 is 2.03 bits per heavy atom. The third-order valence-electron chi connectivity index (χ3n) is 4.86. The van der Waals surface area contributed by atoms with Gasteiger partial charge in [-0.15, -0.1) is 0 Å².